The van der Waals surface area contributed by atoms with E-state index in [0.29, 0.717) is 0 Å². The first kappa shape index (κ1) is 16.7. The fourth-order valence-corrected chi connectivity index (χ4v) is 1.76. The summed E-state index contributed by atoms with van der Waals surface area (Å²) in [6.45, 7) is 2.87. The summed E-state index contributed by atoms with van der Waals surface area (Å²) in [6.07, 6.45) is 0. The number of carbonyl (C=O) groups is 3. The standard InChI is InChI=1S/C15H20N2O4/c1-11(15(20)21)17(9-13-7-5-4-6-8-13)14(19)10-16(3)12(2)18/h4-8,11H,9-10H2,1-3H3,(H,20,21). The molecule has 0 spiro atoms. The predicted octanol–water partition coefficient (Wildman–Crippen LogP) is 0.967. The number of likely N-dealkylation sites (N-methyl/N-ethyl adjacent to an activating group) is 1. The largest absolute Gasteiger partial charge is 0.480 e. The Labute approximate surface area is 124 Å². The predicted molar refractivity (Wildman–Crippen MR) is 77.4 cm³/mol. The molecule has 2 amide bonds. The van der Waals surface area contributed by atoms with Gasteiger partial charge in [0.1, 0.15) is 6.04 Å². The van der Waals surface area contributed by atoms with Crippen LogP contribution in [0.1, 0.15) is 19.4 Å². The molecule has 0 radical (unpaired) electrons. The lowest BCUT2D eigenvalue weighted by Gasteiger charge is -2.28. The van der Waals surface area contributed by atoms with Gasteiger partial charge >= 0.3 is 5.97 Å². The minimum atomic E-state index is -1.08. The molecule has 114 valence electrons. The van der Waals surface area contributed by atoms with Gasteiger partial charge in [-0.2, -0.15) is 0 Å². The fourth-order valence-electron chi connectivity index (χ4n) is 1.76. The van der Waals surface area contributed by atoms with Crippen LogP contribution >= 0.6 is 0 Å². The van der Waals surface area contributed by atoms with E-state index in [2.05, 4.69) is 0 Å². The Balaban J connectivity index is 2.89. The van der Waals surface area contributed by atoms with Crippen LogP contribution < -0.4 is 0 Å². The second-order valence-corrected chi connectivity index (χ2v) is 4.90. The van der Waals surface area contributed by atoms with E-state index >= 15 is 0 Å². The zero-order chi connectivity index (χ0) is 16.0. The molecule has 6 nitrogen and oxygen atoms in total. The maximum absolute atomic E-state index is 12.3. The number of carboxylic acid groups (broad SMARTS) is 1. The van der Waals surface area contributed by atoms with E-state index in [1.54, 1.807) is 0 Å². The van der Waals surface area contributed by atoms with Crippen LogP contribution in [0.4, 0.5) is 0 Å². The van der Waals surface area contributed by atoms with Crippen LogP contribution in [0.2, 0.25) is 0 Å². The van der Waals surface area contributed by atoms with Crippen molar-refractivity contribution in [3.8, 4) is 0 Å². The van der Waals surface area contributed by atoms with Crippen LogP contribution in [-0.2, 0) is 20.9 Å². The molecular weight excluding hydrogens is 272 g/mol. The van der Waals surface area contributed by atoms with Crippen LogP contribution in [0.3, 0.4) is 0 Å². The molecule has 6 heteroatoms. The minimum absolute atomic E-state index is 0.139. The summed E-state index contributed by atoms with van der Waals surface area (Å²) in [5.74, 6) is -1.72. The second-order valence-electron chi connectivity index (χ2n) is 4.90. The maximum Gasteiger partial charge on any atom is 0.326 e. The van der Waals surface area contributed by atoms with Gasteiger partial charge in [0.2, 0.25) is 11.8 Å². The zero-order valence-electron chi connectivity index (χ0n) is 12.4. The molecule has 0 heterocycles. The molecule has 0 saturated carbocycles. The van der Waals surface area contributed by atoms with Crippen molar-refractivity contribution in [1.29, 1.82) is 0 Å². The molecule has 1 unspecified atom stereocenters. The van der Waals surface area contributed by atoms with Gasteiger partial charge in [0.15, 0.2) is 0 Å². The van der Waals surface area contributed by atoms with Crippen LogP contribution in [0.25, 0.3) is 0 Å². The number of carboxylic acids is 1. The van der Waals surface area contributed by atoms with Crippen LogP contribution in [0.15, 0.2) is 30.3 Å². The molecule has 0 aliphatic heterocycles. The highest BCUT2D eigenvalue weighted by Gasteiger charge is 2.26. The molecule has 1 atom stereocenters. The molecular formula is C15H20N2O4. The number of benzene rings is 1. The van der Waals surface area contributed by atoms with Crippen LogP contribution in [-0.4, -0.2) is 52.3 Å². The third kappa shape index (κ3) is 4.91. The third-order valence-electron chi connectivity index (χ3n) is 3.25. The van der Waals surface area contributed by atoms with Gasteiger partial charge < -0.3 is 14.9 Å². The lowest BCUT2D eigenvalue weighted by molar-refractivity contribution is -0.151. The summed E-state index contributed by atoms with van der Waals surface area (Å²) in [4.78, 5) is 37.2. The first-order chi connectivity index (χ1) is 9.82. The number of rotatable bonds is 6. The molecule has 0 aliphatic rings. The lowest BCUT2D eigenvalue weighted by Crippen LogP contribution is -2.47. The Morgan fingerprint density at radius 3 is 2.24 bits per heavy atom. The zero-order valence-corrected chi connectivity index (χ0v) is 12.4. The van der Waals surface area contributed by atoms with Crippen molar-refractivity contribution in [3.05, 3.63) is 35.9 Å². The summed E-state index contributed by atoms with van der Waals surface area (Å²) in [5, 5.41) is 9.15. The molecule has 0 aliphatic carbocycles. The van der Waals surface area contributed by atoms with Crippen LogP contribution in [0.5, 0.6) is 0 Å². The number of amides is 2. The van der Waals surface area contributed by atoms with Crippen molar-refractivity contribution in [2.45, 2.75) is 26.4 Å². The van der Waals surface area contributed by atoms with Gasteiger partial charge in [0.05, 0.1) is 6.54 Å². The highest BCUT2D eigenvalue weighted by Crippen LogP contribution is 2.10. The van der Waals surface area contributed by atoms with E-state index in [1.165, 1.54) is 30.7 Å². The van der Waals surface area contributed by atoms with Gasteiger partial charge in [-0.15, -0.1) is 0 Å². The molecule has 1 aromatic rings. The third-order valence-corrected chi connectivity index (χ3v) is 3.25. The maximum atomic E-state index is 12.3. The molecule has 1 aromatic carbocycles. The van der Waals surface area contributed by atoms with Gasteiger partial charge in [-0.25, -0.2) is 4.79 Å². The lowest BCUT2D eigenvalue weighted by atomic mass is 10.1. The van der Waals surface area contributed by atoms with Gasteiger partial charge in [0, 0.05) is 20.5 Å². The molecule has 0 aromatic heterocycles. The normalized spacial score (nSPS) is 11.6. The Morgan fingerprint density at radius 1 is 1.19 bits per heavy atom. The van der Waals surface area contributed by atoms with Crippen molar-refractivity contribution in [2.24, 2.45) is 0 Å². The summed E-state index contributed by atoms with van der Waals surface area (Å²) in [6, 6.07) is 8.18. The molecule has 0 saturated heterocycles. The van der Waals surface area contributed by atoms with E-state index in [1.807, 2.05) is 30.3 Å². The van der Waals surface area contributed by atoms with Crippen LogP contribution in [0, 0.1) is 0 Å². The van der Waals surface area contributed by atoms with E-state index in [0.717, 1.165) is 5.56 Å². The van der Waals surface area contributed by atoms with E-state index in [4.69, 9.17) is 5.11 Å². The fraction of sp³-hybridized carbons (Fsp3) is 0.400. The number of nitrogens with zero attached hydrogens (tertiary/aromatic N) is 2. The number of carbonyl (C=O) groups excluding carboxylic acids is 2. The van der Waals surface area contributed by atoms with Crippen molar-refractivity contribution in [1.82, 2.24) is 9.80 Å². The van der Waals surface area contributed by atoms with Gasteiger partial charge in [-0.1, -0.05) is 30.3 Å². The Kier molecular flexibility index (Phi) is 5.90. The molecule has 1 rings (SSSR count). The SMILES string of the molecule is CC(=O)N(C)CC(=O)N(Cc1ccccc1)C(C)C(=O)O. The minimum Gasteiger partial charge on any atom is -0.480 e. The summed E-state index contributed by atoms with van der Waals surface area (Å²) in [5.41, 5.74) is 0.837. The first-order valence-corrected chi connectivity index (χ1v) is 6.60. The average molecular weight is 292 g/mol. The Hall–Kier alpha value is -2.37. The van der Waals surface area contributed by atoms with Crippen molar-refractivity contribution in [2.75, 3.05) is 13.6 Å². The summed E-state index contributed by atoms with van der Waals surface area (Å²) < 4.78 is 0. The molecule has 21 heavy (non-hydrogen) atoms. The quantitative estimate of drug-likeness (QED) is 0.847. The van der Waals surface area contributed by atoms with Crippen molar-refractivity contribution in [3.63, 3.8) is 0 Å². The first-order valence-electron chi connectivity index (χ1n) is 6.60. The Bertz CT molecular complexity index is 516. The van der Waals surface area contributed by atoms with Gasteiger partial charge in [-0.05, 0) is 12.5 Å². The number of hydrogen-bond donors (Lipinski definition) is 1. The van der Waals surface area contributed by atoms with E-state index in [-0.39, 0.29) is 19.0 Å². The smallest absolute Gasteiger partial charge is 0.326 e. The highest BCUT2D eigenvalue weighted by molar-refractivity contribution is 5.87. The van der Waals surface area contributed by atoms with Gasteiger partial charge in [0.25, 0.3) is 0 Å². The molecule has 0 fully saturated rings. The monoisotopic (exact) mass is 292 g/mol. The van der Waals surface area contributed by atoms with E-state index < -0.39 is 17.9 Å². The van der Waals surface area contributed by atoms with Gasteiger partial charge in [-0.3, -0.25) is 9.59 Å². The summed E-state index contributed by atoms with van der Waals surface area (Å²) in [7, 11) is 1.51. The number of aliphatic carboxylic acids is 1. The summed E-state index contributed by atoms with van der Waals surface area (Å²) >= 11 is 0. The highest BCUT2D eigenvalue weighted by atomic mass is 16.4. The van der Waals surface area contributed by atoms with Crippen molar-refractivity contribution < 1.29 is 19.5 Å². The Morgan fingerprint density at radius 2 is 1.76 bits per heavy atom. The van der Waals surface area contributed by atoms with Crippen molar-refractivity contribution >= 4 is 17.8 Å². The molecule has 1 N–H and O–H groups in total. The average Bonchev–Trinajstić information content (AvgIpc) is 2.44. The molecule has 0 bridgehead atoms. The topological polar surface area (TPSA) is 77.9 Å². The second kappa shape index (κ2) is 7.42. The number of hydrogen-bond acceptors (Lipinski definition) is 3. The van der Waals surface area contributed by atoms with E-state index in [9.17, 15) is 14.4 Å².